The van der Waals surface area contributed by atoms with Crippen LogP contribution in [0.15, 0.2) is 0 Å². The first-order valence-corrected chi connectivity index (χ1v) is 8.39. The zero-order valence-corrected chi connectivity index (χ0v) is 12.9. The minimum atomic E-state index is -0.866. The second-order valence-corrected chi connectivity index (χ2v) is 6.81. The molecule has 3 atom stereocenters. The molecule has 3 unspecified atom stereocenters. The lowest BCUT2D eigenvalue weighted by molar-refractivity contribution is -0.121. The van der Waals surface area contributed by atoms with Crippen LogP contribution in [0.5, 0.6) is 0 Å². The number of hydrogen-bond acceptors (Lipinski definition) is 3. The minimum Gasteiger partial charge on any atom is -0.353 e. The van der Waals surface area contributed by atoms with E-state index < -0.39 is 10.8 Å². The van der Waals surface area contributed by atoms with E-state index in [0.29, 0.717) is 30.6 Å². The lowest BCUT2D eigenvalue weighted by atomic mass is 9.88. The highest BCUT2D eigenvalue weighted by atomic mass is 32.2. The molecule has 5 heteroatoms. The smallest absolute Gasteiger partial charge is 0.220 e. The molecule has 0 aromatic rings. The van der Waals surface area contributed by atoms with E-state index in [9.17, 15) is 9.00 Å². The van der Waals surface area contributed by atoms with Crippen LogP contribution in [-0.4, -0.2) is 34.7 Å². The third-order valence-electron chi connectivity index (χ3n) is 3.11. The Morgan fingerprint density at radius 1 is 1.28 bits per heavy atom. The van der Waals surface area contributed by atoms with E-state index in [4.69, 9.17) is 5.73 Å². The van der Waals surface area contributed by atoms with Crippen molar-refractivity contribution in [2.24, 2.45) is 17.6 Å². The molecule has 4 nitrogen and oxygen atoms in total. The zero-order valence-electron chi connectivity index (χ0n) is 12.1. The van der Waals surface area contributed by atoms with Crippen LogP contribution in [0.4, 0.5) is 0 Å². The molecule has 1 amide bonds. The number of carbonyl (C=O) groups excluding carboxylic acids is 1. The summed E-state index contributed by atoms with van der Waals surface area (Å²) < 4.78 is 11.0. The van der Waals surface area contributed by atoms with Crippen molar-refractivity contribution in [2.75, 3.05) is 18.6 Å². The predicted molar refractivity (Wildman–Crippen MR) is 77.8 cm³/mol. The summed E-state index contributed by atoms with van der Waals surface area (Å²) in [7, 11) is -0.866. The molecule has 0 bridgehead atoms. The van der Waals surface area contributed by atoms with Crippen molar-refractivity contribution in [3.63, 3.8) is 0 Å². The van der Waals surface area contributed by atoms with E-state index in [1.165, 1.54) is 0 Å². The van der Waals surface area contributed by atoms with E-state index in [1.807, 2.05) is 6.92 Å². The van der Waals surface area contributed by atoms with Gasteiger partial charge in [-0.15, -0.1) is 0 Å². The maximum Gasteiger partial charge on any atom is 0.220 e. The molecule has 0 aliphatic carbocycles. The normalized spacial score (nSPS) is 16.3. The highest BCUT2D eigenvalue weighted by Gasteiger charge is 2.15. The minimum absolute atomic E-state index is 0.0182. The van der Waals surface area contributed by atoms with Gasteiger partial charge in [0.05, 0.1) is 0 Å². The van der Waals surface area contributed by atoms with Gasteiger partial charge in [-0.25, -0.2) is 0 Å². The summed E-state index contributed by atoms with van der Waals surface area (Å²) in [6.45, 7) is 6.90. The molecule has 0 aromatic carbocycles. The monoisotopic (exact) mass is 276 g/mol. The number of nitrogens with one attached hydrogen (secondary N) is 1. The van der Waals surface area contributed by atoms with Gasteiger partial charge in [0.25, 0.3) is 0 Å². The molecule has 3 N–H and O–H groups in total. The van der Waals surface area contributed by atoms with Crippen LogP contribution < -0.4 is 11.1 Å². The maximum absolute atomic E-state index is 11.7. The quantitative estimate of drug-likeness (QED) is 0.666. The topological polar surface area (TPSA) is 72.2 Å². The molecule has 108 valence electrons. The molecular weight excluding hydrogens is 248 g/mol. The predicted octanol–water partition coefficient (Wildman–Crippen LogP) is 1.27. The lowest BCUT2D eigenvalue weighted by Crippen LogP contribution is -2.36. The Bertz CT molecular complexity index is 270. The largest absolute Gasteiger partial charge is 0.353 e. The van der Waals surface area contributed by atoms with E-state index in [0.717, 1.165) is 12.8 Å². The first-order valence-electron chi connectivity index (χ1n) is 6.66. The van der Waals surface area contributed by atoms with Crippen molar-refractivity contribution in [3.8, 4) is 0 Å². The van der Waals surface area contributed by atoms with Gasteiger partial charge in [0.1, 0.15) is 0 Å². The summed E-state index contributed by atoms with van der Waals surface area (Å²) in [5.74, 6) is 1.64. The molecule has 0 saturated carbocycles. The van der Waals surface area contributed by atoms with Gasteiger partial charge >= 0.3 is 0 Å². The first-order chi connectivity index (χ1) is 8.36. The summed E-state index contributed by atoms with van der Waals surface area (Å²) in [5.41, 5.74) is 5.57. The zero-order chi connectivity index (χ0) is 14.1. The molecule has 0 fully saturated rings. The molecule has 0 aliphatic heterocycles. The van der Waals surface area contributed by atoms with Crippen molar-refractivity contribution < 1.29 is 9.00 Å². The third kappa shape index (κ3) is 8.64. The first kappa shape index (κ1) is 17.6. The van der Waals surface area contributed by atoms with Crippen molar-refractivity contribution in [1.82, 2.24) is 5.32 Å². The van der Waals surface area contributed by atoms with Crippen molar-refractivity contribution in [1.29, 1.82) is 0 Å². The molecule has 0 aromatic heterocycles. The molecule has 0 saturated heterocycles. The standard InChI is InChI=1S/C13H28N2O2S/c1-10(2)12(7-8-14)5-6-13(16)15-11(3)9-18(4)17/h10-12H,5-9,14H2,1-4H3,(H,15,16). The molecular formula is C13H28N2O2S. The lowest BCUT2D eigenvalue weighted by Gasteiger charge is -2.20. The highest BCUT2D eigenvalue weighted by molar-refractivity contribution is 7.84. The van der Waals surface area contributed by atoms with Crippen LogP contribution >= 0.6 is 0 Å². The van der Waals surface area contributed by atoms with Crippen LogP contribution in [0.1, 0.15) is 40.0 Å². The van der Waals surface area contributed by atoms with Gasteiger partial charge in [-0.05, 0) is 38.1 Å². The van der Waals surface area contributed by atoms with Gasteiger partial charge in [0, 0.05) is 35.3 Å². The molecule has 18 heavy (non-hydrogen) atoms. The van der Waals surface area contributed by atoms with E-state index in [2.05, 4.69) is 19.2 Å². The Labute approximate surface area is 114 Å². The van der Waals surface area contributed by atoms with Crippen LogP contribution in [-0.2, 0) is 15.6 Å². The van der Waals surface area contributed by atoms with E-state index >= 15 is 0 Å². The van der Waals surface area contributed by atoms with Gasteiger partial charge in [-0.3, -0.25) is 9.00 Å². The second kappa shape index (κ2) is 9.50. The average molecular weight is 276 g/mol. The molecule has 0 radical (unpaired) electrons. The summed E-state index contributed by atoms with van der Waals surface area (Å²) in [6.07, 6.45) is 4.03. The summed E-state index contributed by atoms with van der Waals surface area (Å²) in [6, 6.07) is -0.0182. The van der Waals surface area contributed by atoms with E-state index in [1.54, 1.807) is 6.26 Å². The van der Waals surface area contributed by atoms with Crippen LogP contribution in [0.2, 0.25) is 0 Å². The third-order valence-corrected chi connectivity index (χ3v) is 4.08. The van der Waals surface area contributed by atoms with Gasteiger partial charge < -0.3 is 11.1 Å². The van der Waals surface area contributed by atoms with Crippen LogP contribution in [0.3, 0.4) is 0 Å². The number of amides is 1. The Morgan fingerprint density at radius 3 is 2.33 bits per heavy atom. The molecule has 0 rings (SSSR count). The number of carbonyl (C=O) groups is 1. The average Bonchev–Trinajstić information content (AvgIpc) is 2.22. The summed E-state index contributed by atoms with van der Waals surface area (Å²) in [4.78, 5) is 11.7. The van der Waals surface area contributed by atoms with Crippen LogP contribution in [0, 0.1) is 11.8 Å². The van der Waals surface area contributed by atoms with Crippen LogP contribution in [0.25, 0.3) is 0 Å². The summed E-state index contributed by atoms with van der Waals surface area (Å²) >= 11 is 0. The Hall–Kier alpha value is -0.420. The Kier molecular flexibility index (Phi) is 9.28. The van der Waals surface area contributed by atoms with Crippen molar-refractivity contribution in [2.45, 2.75) is 46.1 Å². The fraction of sp³-hybridized carbons (Fsp3) is 0.923. The van der Waals surface area contributed by atoms with Gasteiger partial charge in [0.15, 0.2) is 0 Å². The van der Waals surface area contributed by atoms with Gasteiger partial charge in [0.2, 0.25) is 5.91 Å². The number of nitrogens with two attached hydrogens (primary N) is 1. The Balaban J connectivity index is 3.97. The molecule has 0 heterocycles. The second-order valence-electron chi connectivity index (χ2n) is 5.33. The Morgan fingerprint density at radius 2 is 1.89 bits per heavy atom. The van der Waals surface area contributed by atoms with Crippen molar-refractivity contribution in [3.05, 3.63) is 0 Å². The van der Waals surface area contributed by atoms with E-state index in [-0.39, 0.29) is 11.9 Å². The van der Waals surface area contributed by atoms with Gasteiger partial charge in [-0.2, -0.15) is 0 Å². The number of rotatable bonds is 9. The highest BCUT2D eigenvalue weighted by Crippen LogP contribution is 2.20. The molecule has 0 aliphatic rings. The van der Waals surface area contributed by atoms with Gasteiger partial charge in [-0.1, -0.05) is 13.8 Å². The van der Waals surface area contributed by atoms with Crippen molar-refractivity contribution >= 4 is 16.7 Å². The summed E-state index contributed by atoms with van der Waals surface area (Å²) in [5, 5.41) is 2.88. The fourth-order valence-corrected chi connectivity index (χ4v) is 2.87. The molecule has 0 spiro atoms. The number of hydrogen-bond donors (Lipinski definition) is 2. The fourth-order valence-electron chi connectivity index (χ4n) is 2.08. The maximum atomic E-state index is 11.7. The SMILES string of the molecule is CC(CS(C)=O)NC(=O)CCC(CCN)C(C)C.